The highest BCUT2D eigenvalue weighted by molar-refractivity contribution is 8.00. The van der Waals surface area contributed by atoms with Crippen molar-refractivity contribution in [2.45, 2.75) is 44.2 Å². The number of hydrogen-bond acceptors (Lipinski definition) is 7. The second-order valence-corrected chi connectivity index (χ2v) is 12.0. The lowest BCUT2D eigenvalue weighted by Gasteiger charge is -2.29. The van der Waals surface area contributed by atoms with Gasteiger partial charge in [0.05, 0.1) is 17.9 Å². The Labute approximate surface area is 234 Å². The summed E-state index contributed by atoms with van der Waals surface area (Å²) in [6.07, 6.45) is 0.104. The molecule has 2 heterocycles. The number of nitriles is 1. The molecule has 0 saturated carbocycles. The molecular weight excluding hydrogens is 539 g/mol. The van der Waals surface area contributed by atoms with Gasteiger partial charge in [0.25, 0.3) is 5.91 Å². The van der Waals surface area contributed by atoms with E-state index in [-0.39, 0.29) is 17.6 Å². The number of hydrogen-bond donors (Lipinski definition) is 2. The van der Waals surface area contributed by atoms with E-state index in [4.69, 9.17) is 4.74 Å². The summed E-state index contributed by atoms with van der Waals surface area (Å²) >= 11 is 2.58. The molecule has 0 fully saturated rings. The van der Waals surface area contributed by atoms with E-state index in [1.165, 1.54) is 47.4 Å². The van der Waals surface area contributed by atoms with Crippen LogP contribution in [-0.4, -0.2) is 40.7 Å². The van der Waals surface area contributed by atoms with Crippen molar-refractivity contribution in [3.63, 3.8) is 0 Å². The van der Waals surface area contributed by atoms with E-state index in [1.54, 1.807) is 23.1 Å². The van der Waals surface area contributed by atoms with Gasteiger partial charge in [-0.25, -0.2) is 9.18 Å². The standard InChI is InChI=1S/C28H27FN4O4S2/c1-28(2,3)37-27(36)33-12-11-21-22(14-30)26(39-23(21)15-33)32-24(34)16-38-20-6-4-5-19(13-20)31-25(35)17-7-9-18(29)10-8-17/h4-10,13H,11-12,15-16H2,1-3H3,(H,31,35)(H,32,34). The van der Waals surface area contributed by atoms with Crippen LogP contribution in [0.2, 0.25) is 0 Å². The van der Waals surface area contributed by atoms with Crippen molar-refractivity contribution in [3.05, 3.63) is 75.9 Å². The number of anilines is 2. The molecule has 4 rings (SSSR count). The Hall–Kier alpha value is -3.88. The van der Waals surface area contributed by atoms with E-state index < -0.39 is 17.5 Å². The van der Waals surface area contributed by atoms with Gasteiger partial charge in [0.15, 0.2) is 0 Å². The van der Waals surface area contributed by atoms with E-state index >= 15 is 0 Å². The van der Waals surface area contributed by atoms with Crippen LogP contribution in [0.15, 0.2) is 53.4 Å². The number of rotatable bonds is 6. The predicted molar refractivity (Wildman–Crippen MR) is 150 cm³/mol. The van der Waals surface area contributed by atoms with Gasteiger partial charge in [-0.15, -0.1) is 23.1 Å². The van der Waals surface area contributed by atoms with Crippen LogP contribution in [0.1, 0.15) is 47.1 Å². The van der Waals surface area contributed by atoms with E-state index in [2.05, 4.69) is 16.7 Å². The highest BCUT2D eigenvalue weighted by Crippen LogP contribution is 2.37. The zero-order chi connectivity index (χ0) is 28.2. The second kappa shape index (κ2) is 11.9. The number of amides is 3. The molecule has 0 spiro atoms. The average Bonchev–Trinajstić information content (AvgIpc) is 3.23. The number of carbonyl (C=O) groups is 3. The molecule has 0 radical (unpaired) electrons. The van der Waals surface area contributed by atoms with Crippen LogP contribution in [0, 0.1) is 17.1 Å². The van der Waals surface area contributed by atoms with Crippen molar-refractivity contribution >= 4 is 51.7 Å². The normalized spacial score (nSPS) is 12.7. The predicted octanol–water partition coefficient (Wildman–Crippen LogP) is 6.04. The van der Waals surface area contributed by atoms with Gasteiger partial charge in [0.2, 0.25) is 5.91 Å². The van der Waals surface area contributed by atoms with Crippen LogP contribution in [0.5, 0.6) is 0 Å². The molecule has 1 aliphatic heterocycles. The number of halogens is 1. The maximum atomic E-state index is 13.1. The Balaban J connectivity index is 1.35. The summed E-state index contributed by atoms with van der Waals surface area (Å²) < 4.78 is 18.6. The topological polar surface area (TPSA) is 112 Å². The van der Waals surface area contributed by atoms with E-state index in [1.807, 2.05) is 26.8 Å². The Bertz CT molecular complexity index is 1440. The van der Waals surface area contributed by atoms with Crippen LogP contribution in [0.25, 0.3) is 0 Å². The van der Waals surface area contributed by atoms with Gasteiger partial charge in [-0.05, 0) is 75.2 Å². The van der Waals surface area contributed by atoms with Gasteiger partial charge < -0.3 is 20.3 Å². The highest BCUT2D eigenvalue weighted by atomic mass is 32.2. The molecule has 0 bridgehead atoms. The smallest absolute Gasteiger partial charge is 0.410 e. The molecule has 39 heavy (non-hydrogen) atoms. The fourth-order valence-corrected chi connectivity index (χ4v) is 5.86. The summed E-state index contributed by atoms with van der Waals surface area (Å²) in [5.74, 6) is -0.978. The molecule has 1 aliphatic rings. The summed E-state index contributed by atoms with van der Waals surface area (Å²) in [4.78, 5) is 40.9. The number of fused-ring (bicyclic) bond motifs is 1. The first-order chi connectivity index (χ1) is 18.5. The first-order valence-electron chi connectivity index (χ1n) is 12.1. The van der Waals surface area contributed by atoms with Crippen molar-refractivity contribution in [2.24, 2.45) is 0 Å². The highest BCUT2D eigenvalue weighted by Gasteiger charge is 2.30. The molecule has 2 aromatic carbocycles. The number of carbonyl (C=O) groups excluding carboxylic acids is 3. The van der Waals surface area contributed by atoms with E-state index in [0.29, 0.717) is 41.3 Å². The fraction of sp³-hybridized carbons (Fsp3) is 0.286. The zero-order valence-corrected chi connectivity index (χ0v) is 23.3. The molecule has 3 aromatic rings. The second-order valence-electron chi connectivity index (χ2n) is 9.80. The van der Waals surface area contributed by atoms with Crippen molar-refractivity contribution in [3.8, 4) is 6.07 Å². The number of thioether (sulfide) groups is 1. The SMILES string of the molecule is CC(C)(C)OC(=O)N1CCc2c(sc(NC(=O)CSc3cccc(NC(=O)c4ccc(F)cc4)c3)c2C#N)C1. The Morgan fingerprint density at radius 3 is 2.59 bits per heavy atom. The number of ether oxygens (including phenoxy) is 1. The van der Waals surface area contributed by atoms with E-state index in [0.717, 1.165) is 15.3 Å². The molecule has 0 saturated heterocycles. The largest absolute Gasteiger partial charge is 0.444 e. The number of nitrogens with zero attached hydrogens (tertiary/aromatic N) is 2. The molecular formula is C28H27FN4O4S2. The number of benzene rings is 2. The third-order valence-electron chi connectivity index (χ3n) is 5.64. The molecule has 2 N–H and O–H groups in total. The maximum absolute atomic E-state index is 13.1. The summed E-state index contributed by atoms with van der Waals surface area (Å²) in [5, 5.41) is 15.8. The van der Waals surface area contributed by atoms with Crippen LogP contribution >= 0.6 is 23.1 Å². The minimum Gasteiger partial charge on any atom is -0.444 e. The minimum absolute atomic E-state index is 0.0901. The van der Waals surface area contributed by atoms with Crippen molar-refractivity contribution in [2.75, 3.05) is 22.9 Å². The summed E-state index contributed by atoms with van der Waals surface area (Å²) in [7, 11) is 0. The Morgan fingerprint density at radius 2 is 1.90 bits per heavy atom. The van der Waals surface area contributed by atoms with Crippen LogP contribution in [0.4, 0.5) is 19.9 Å². The number of thiophene rings is 1. The van der Waals surface area contributed by atoms with Gasteiger partial charge in [-0.3, -0.25) is 9.59 Å². The average molecular weight is 567 g/mol. The summed E-state index contributed by atoms with van der Waals surface area (Å²) in [6.45, 7) is 6.19. The Kier molecular flexibility index (Phi) is 8.57. The molecule has 11 heteroatoms. The first kappa shape index (κ1) is 28.1. The molecule has 8 nitrogen and oxygen atoms in total. The van der Waals surface area contributed by atoms with E-state index in [9.17, 15) is 24.0 Å². The van der Waals surface area contributed by atoms with Crippen molar-refractivity contribution in [1.29, 1.82) is 5.26 Å². The first-order valence-corrected chi connectivity index (χ1v) is 13.9. The van der Waals surface area contributed by atoms with Crippen molar-refractivity contribution in [1.82, 2.24) is 4.90 Å². The van der Waals surface area contributed by atoms with Gasteiger partial charge in [0.1, 0.15) is 22.5 Å². The molecule has 1 aromatic heterocycles. The quantitative estimate of drug-likeness (QED) is 0.352. The van der Waals surface area contributed by atoms with Gasteiger partial charge in [-0.1, -0.05) is 6.07 Å². The molecule has 0 aliphatic carbocycles. The maximum Gasteiger partial charge on any atom is 0.410 e. The third-order valence-corrected chi connectivity index (χ3v) is 7.77. The Morgan fingerprint density at radius 1 is 1.15 bits per heavy atom. The molecule has 0 atom stereocenters. The minimum atomic E-state index is -0.602. The fourth-order valence-electron chi connectivity index (χ4n) is 3.87. The van der Waals surface area contributed by atoms with Gasteiger partial charge in [0, 0.05) is 27.6 Å². The summed E-state index contributed by atoms with van der Waals surface area (Å²) in [5.41, 5.74) is 1.56. The van der Waals surface area contributed by atoms with Gasteiger partial charge >= 0.3 is 6.09 Å². The lowest BCUT2D eigenvalue weighted by molar-refractivity contribution is -0.113. The van der Waals surface area contributed by atoms with Gasteiger partial charge in [-0.2, -0.15) is 5.26 Å². The summed E-state index contributed by atoms with van der Waals surface area (Å²) in [6, 6.07) is 14.5. The molecule has 0 unspecified atom stereocenters. The lowest BCUT2D eigenvalue weighted by Crippen LogP contribution is -2.39. The molecule has 3 amide bonds. The number of nitrogens with one attached hydrogen (secondary N) is 2. The van der Waals surface area contributed by atoms with Crippen LogP contribution < -0.4 is 10.6 Å². The van der Waals surface area contributed by atoms with Crippen LogP contribution in [-0.2, 0) is 22.5 Å². The van der Waals surface area contributed by atoms with Crippen molar-refractivity contribution < 1.29 is 23.5 Å². The zero-order valence-electron chi connectivity index (χ0n) is 21.7. The molecule has 202 valence electrons. The third kappa shape index (κ3) is 7.37. The monoisotopic (exact) mass is 566 g/mol. The lowest BCUT2D eigenvalue weighted by atomic mass is 10.0. The van der Waals surface area contributed by atoms with Crippen LogP contribution in [0.3, 0.4) is 0 Å².